The normalized spacial score (nSPS) is 10.1. The number of carbonyl (C=O) groups is 1. The predicted molar refractivity (Wildman–Crippen MR) is 71.4 cm³/mol. The van der Waals surface area contributed by atoms with Crippen molar-refractivity contribution in [3.63, 3.8) is 0 Å². The van der Waals surface area contributed by atoms with Gasteiger partial charge < -0.3 is 10.6 Å². The van der Waals surface area contributed by atoms with Gasteiger partial charge in [0.15, 0.2) is 0 Å². The number of hydrogen-bond acceptors (Lipinski definition) is 3. The Balaban J connectivity index is 2.03. The topological polar surface area (TPSA) is 54.0 Å². The Kier molecular flexibility index (Phi) is 4.04. The SMILES string of the molecule is CNCc1ccc(NC(=O)c2ccncc2)cc1. The van der Waals surface area contributed by atoms with Crippen LogP contribution in [0.3, 0.4) is 0 Å². The van der Waals surface area contributed by atoms with Crippen molar-refractivity contribution in [1.29, 1.82) is 0 Å². The van der Waals surface area contributed by atoms with Crippen LogP contribution in [-0.2, 0) is 6.54 Å². The Morgan fingerprint density at radius 2 is 1.78 bits per heavy atom. The third-order valence-corrected chi connectivity index (χ3v) is 2.54. The predicted octanol–water partition coefficient (Wildman–Crippen LogP) is 2.05. The number of pyridine rings is 1. The van der Waals surface area contributed by atoms with Crippen LogP contribution < -0.4 is 10.6 Å². The number of carbonyl (C=O) groups excluding carboxylic acids is 1. The molecule has 0 saturated heterocycles. The zero-order valence-electron chi connectivity index (χ0n) is 10.2. The van der Waals surface area contributed by atoms with Gasteiger partial charge in [-0.3, -0.25) is 9.78 Å². The molecule has 0 radical (unpaired) electrons. The minimum atomic E-state index is -0.126. The number of amides is 1. The van der Waals surface area contributed by atoms with E-state index in [1.54, 1.807) is 24.5 Å². The van der Waals surface area contributed by atoms with Crippen LogP contribution in [0.15, 0.2) is 48.8 Å². The van der Waals surface area contributed by atoms with Gasteiger partial charge in [0.1, 0.15) is 0 Å². The van der Waals surface area contributed by atoms with Crippen molar-refractivity contribution in [1.82, 2.24) is 10.3 Å². The van der Waals surface area contributed by atoms with Gasteiger partial charge in [0.2, 0.25) is 0 Å². The molecule has 0 aliphatic rings. The minimum Gasteiger partial charge on any atom is -0.322 e. The lowest BCUT2D eigenvalue weighted by Crippen LogP contribution is -2.12. The molecule has 0 bridgehead atoms. The van der Waals surface area contributed by atoms with E-state index in [-0.39, 0.29) is 5.91 Å². The first-order valence-electron chi connectivity index (χ1n) is 5.74. The van der Waals surface area contributed by atoms with Gasteiger partial charge in [-0.25, -0.2) is 0 Å². The second-order valence-corrected chi connectivity index (χ2v) is 3.92. The summed E-state index contributed by atoms with van der Waals surface area (Å²) in [5.41, 5.74) is 2.57. The van der Waals surface area contributed by atoms with Gasteiger partial charge in [-0.2, -0.15) is 0 Å². The highest BCUT2D eigenvalue weighted by atomic mass is 16.1. The molecule has 92 valence electrons. The molecule has 0 saturated carbocycles. The molecule has 0 aliphatic heterocycles. The van der Waals surface area contributed by atoms with E-state index in [9.17, 15) is 4.79 Å². The van der Waals surface area contributed by atoms with Crippen LogP contribution in [0, 0.1) is 0 Å². The van der Waals surface area contributed by atoms with Crippen LogP contribution in [0.4, 0.5) is 5.69 Å². The summed E-state index contributed by atoms with van der Waals surface area (Å²) in [5, 5.41) is 5.92. The maximum absolute atomic E-state index is 11.9. The third-order valence-electron chi connectivity index (χ3n) is 2.54. The number of anilines is 1. The van der Waals surface area contributed by atoms with E-state index in [0.29, 0.717) is 5.56 Å². The molecule has 0 atom stereocenters. The van der Waals surface area contributed by atoms with Crippen LogP contribution in [0.5, 0.6) is 0 Å². The highest BCUT2D eigenvalue weighted by molar-refractivity contribution is 6.04. The summed E-state index contributed by atoms with van der Waals surface area (Å²) < 4.78 is 0. The lowest BCUT2D eigenvalue weighted by Gasteiger charge is -2.06. The Bertz CT molecular complexity index is 508. The van der Waals surface area contributed by atoms with E-state index in [1.165, 1.54) is 5.56 Å². The molecule has 0 fully saturated rings. The zero-order valence-corrected chi connectivity index (χ0v) is 10.2. The van der Waals surface area contributed by atoms with Crippen molar-refractivity contribution in [3.8, 4) is 0 Å². The molecule has 2 aromatic rings. The van der Waals surface area contributed by atoms with E-state index < -0.39 is 0 Å². The number of hydrogen-bond donors (Lipinski definition) is 2. The molecule has 1 aromatic heterocycles. The van der Waals surface area contributed by atoms with Crippen LogP contribution in [-0.4, -0.2) is 17.9 Å². The first kappa shape index (κ1) is 12.3. The van der Waals surface area contributed by atoms with Crippen LogP contribution in [0.1, 0.15) is 15.9 Å². The average Bonchev–Trinajstić information content (AvgIpc) is 2.42. The van der Waals surface area contributed by atoms with Crippen molar-refractivity contribution >= 4 is 11.6 Å². The molecule has 0 unspecified atom stereocenters. The third kappa shape index (κ3) is 3.15. The number of aromatic nitrogens is 1. The minimum absolute atomic E-state index is 0.126. The molecular formula is C14H15N3O. The summed E-state index contributed by atoms with van der Waals surface area (Å²) in [6.07, 6.45) is 3.20. The second-order valence-electron chi connectivity index (χ2n) is 3.92. The quantitative estimate of drug-likeness (QED) is 0.861. The van der Waals surface area contributed by atoms with E-state index in [2.05, 4.69) is 15.6 Å². The summed E-state index contributed by atoms with van der Waals surface area (Å²) in [6, 6.07) is 11.1. The van der Waals surface area contributed by atoms with Crippen molar-refractivity contribution in [2.75, 3.05) is 12.4 Å². The van der Waals surface area contributed by atoms with Crippen LogP contribution in [0.25, 0.3) is 0 Å². The molecule has 1 heterocycles. The van der Waals surface area contributed by atoms with Gasteiger partial charge in [-0.15, -0.1) is 0 Å². The highest BCUT2D eigenvalue weighted by Crippen LogP contribution is 2.11. The number of nitrogens with zero attached hydrogens (tertiary/aromatic N) is 1. The molecular weight excluding hydrogens is 226 g/mol. The first-order valence-corrected chi connectivity index (χ1v) is 5.74. The monoisotopic (exact) mass is 241 g/mol. The zero-order chi connectivity index (χ0) is 12.8. The van der Waals surface area contributed by atoms with E-state index in [0.717, 1.165) is 12.2 Å². The molecule has 1 aromatic carbocycles. The summed E-state index contributed by atoms with van der Waals surface area (Å²) >= 11 is 0. The standard InChI is InChI=1S/C14H15N3O/c1-15-10-11-2-4-13(5-3-11)17-14(18)12-6-8-16-9-7-12/h2-9,15H,10H2,1H3,(H,17,18). The lowest BCUT2D eigenvalue weighted by atomic mass is 10.2. The second kappa shape index (κ2) is 5.93. The number of benzene rings is 1. The summed E-state index contributed by atoms with van der Waals surface area (Å²) in [6.45, 7) is 0.818. The van der Waals surface area contributed by atoms with Crippen molar-refractivity contribution in [3.05, 3.63) is 59.9 Å². The Labute approximate surface area is 106 Å². The van der Waals surface area contributed by atoms with Crippen molar-refractivity contribution in [2.45, 2.75) is 6.54 Å². The molecule has 0 aliphatic carbocycles. The Morgan fingerprint density at radius 3 is 2.39 bits per heavy atom. The first-order chi connectivity index (χ1) is 8.79. The molecule has 1 amide bonds. The van der Waals surface area contributed by atoms with Gasteiger partial charge in [0.25, 0.3) is 5.91 Å². The van der Waals surface area contributed by atoms with E-state index in [4.69, 9.17) is 0 Å². The van der Waals surface area contributed by atoms with Crippen molar-refractivity contribution < 1.29 is 4.79 Å². The summed E-state index contributed by atoms with van der Waals surface area (Å²) in [5.74, 6) is -0.126. The molecule has 4 nitrogen and oxygen atoms in total. The van der Waals surface area contributed by atoms with Gasteiger partial charge in [-0.1, -0.05) is 12.1 Å². The van der Waals surface area contributed by atoms with Crippen LogP contribution >= 0.6 is 0 Å². The van der Waals surface area contributed by atoms with E-state index >= 15 is 0 Å². The lowest BCUT2D eigenvalue weighted by molar-refractivity contribution is 0.102. The number of nitrogens with one attached hydrogen (secondary N) is 2. The molecule has 2 N–H and O–H groups in total. The molecule has 4 heteroatoms. The summed E-state index contributed by atoms with van der Waals surface area (Å²) in [7, 11) is 1.90. The van der Waals surface area contributed by atoms with Crippen LogP contribution in [0.2, 0.25) is 0 Å². The molecule has 0 spiro atoms. The van der Waals surface area contributed by atoms with Gasteiger partial charge in [-0.05, 0) is 36.9 Å². The fraction of sp³-hybridized carbons (Fsp3) is 0.143. The van der Waals surface area contributed by atoms with Gasteiger partial charge in [0, 0.05) is 30.2 Å². The largest absolute Gasteiger partial charge is 0.322 e. The van der Waals surface area contributed by atoms with Gasteiger partial charge in [0.05, 0.1) is 0 Å². The number of rotatable bonds is 4. The maximum atomic E-state index is 11.9. The Morgan fingerprint density at radius 1 is 1.11 bits per heavy atom. The highest BCUT2D eigenvalue weighted by Gasteiger charge is 2.04. The fourth-order valence-electron chi connectivity index (χ4n) is 1.62. The Hall–Kier alpha value is -2.20. The van der Waals surface area contributed by atoms with Crippen molar-refractivity contribution in [2.24, 2.45) is 0 Å². The van der Waals surface area contributed by atoms with Gasteiger partial charge >= 0.3 is 0 Å². The smallest absolute Gasteiger partial charge is 0.255 e. The molecule has 18 heavy (non-hydrogen) atoms. The summed E-state index contributed by atoms with van der Waals surface area (Å²) in [4.78, 5) is 15.8. The fourth-order valence-corrected chi connectivity index (χ4v) is 1.62. The van der Waals surface area contributed by atoms with E-state index in [1.807, 2.05) is 31.3 Å². The average molecular weight is 241 g/mol. The molecule has 2 rings (SSSR count). The maximum Gasteiger partial charge on any atom is 0.255 e.